The average molecular weight is 218 g/mol. The Hall–Kier alpha value is -0.910. The Morgan fingerprint density at radius 3 is 3.00 bits per heavy atom. The second kappa shape index (κ2) is 8.68. The summed E-state index contributed by atoms with van der Waals surface area (Å²) < 4.78 is 0. The Bertz CT molecular complexity index is 218. The zero-order valence-electron chi connectivity index (χ0n) is 8.01. The van der Waals surface area contributed by atoms with Crippen LogP contribution < -0.4 is 5.32 Å². The zero-order chi connectivity index (χ0) is 10.8. The number of carbonyl (C=O) groups is 1. The molecule has 0 fully saturated rings. The van der Waals surface area contributed by atoms with Crippen molar-refractivity contribution in [2.75, 3.05) is 25.1 Å². The van der Waals surface area contributed by atoms with Crippen molar-refractivity contribution in [3.8, 4) is 0 Å². The van der Waals surface area contributed by atoms with Crippen LogP contribution in [0.15, 0.2) is 5.11 Å². The molecule has 0 aromatic heterocycles. The van der Waals surface area contributed by atoms with E-state index in [-0.39, 0.29) is 6.54 Å². The molecule has 0 aliphatic rings. The highest BCUT2D eigenvalue weighted by atomic mass is 32.2. The molecule has 0 aliphatic heterocycles. The minimum Gasteiger partial charge on any atom is -0.480 e. The van der Waals surface area contributed by atoms with Crippen LogP contribution in [0.4, 0.5) is 0 Å². The number of thioether (sulfide) groups is 1. The van der Waals surface area contributed by atoms with E-state index in [0.717, 1.165) is 5.75 Å². The standard InChI is InChI=1S/C7H14N4O2S/c1-14-5-2-6(7(12)13)9-3-4-10-11-8/h6,9H,2-5H2,1H3,(H,12,13). The lowest BCUT2D eigenvalue weighted by atomic mass is 10.2. The molecule has 0 amide bonds. The van der Waals surface area contributed by atoms with Crippen molar-refractivity contribution in [2.24, 2.45) is 5.11 Å². The number of hydrogen-bond acceptors (Lipinski definition) is 4. The Morgan fingerprint density at radius 2 is 2.50 bits per heavy atom. The molecule has 0 spiro atoms. The van der Waals surface area contributed by atoms with E-state index < -0.39 is 12.0 Å². The lowest BCUT2D eigenvalue weighted by Gasteiger charge is -2.12. The van der Waals surface area contributed by atoms with Gasteiger partial charge in [0.15, 0.2) is 0 Å². The summed E-state index contributed by atoms with van der Waals surface area (Å²) in [5.74, 6) is -0.0640. The fraction of sp³-hybridized carbons (Fsp3) is 0.857. The topological polar surface area (TPSA) is 98.1 Å². The molecular formula is C7H14N4O2S. The van der Waals surface area contributed by atoms with E-state index in [9.17, 15) is 4.79 Å². The summed E-state index contributed by atoms with van der Waals surface area (Å²) in [7, 11) is 0. The first-order valence-electron chi connectivity index (χ1n) is 4.18. The van der Waals surface area contributed by atoms with E-state index in [1.807, 2.05) is 6.26 Å². The molecule has 0 aromatic carbocycles. The highest BCUT2D eigenvalue weighted by Crippen LogP contribution is 2.00. The minimum atomic E-state index is -0.861. The lowest BCUT2D eigenvalue weighted by molar-refractivity contribution is -0.139. The van der Waals surface area contributed by atoms with E-state index in [0.29, 0.717) is 13.0 Å². The van der Waals surface area contributed by atoms with Crippen LogP contribution in [-0.2, 0) is 4.79 Å². The Balaban J connectivity index is 3.72. The maximum atomic E-state index is 10.7. The highest BCUT2D eigenvalue weighted by Gasteiger charge is 2.14. The molecule has 80 valence electrons. The average Bonchev–Trinajstić information content (AvgIpc) is 2.16. The van der Waals surface area contributed by atoms with Crippen molar-refractivity contribution in [2.45, 2.75) is 12.5 Å². The third-order valence-corrected chi connectivity index (χ3v) is 2.22. The van der Waals surface area contributed by atoms with E-state index in [1.165, 1.54) is 0 Å². The van der Waals surface area contributed by atoms with Crippen LogP contribution >= 0.6 is 11.8 Å². The van der Waals surface area contributed by atoms with Crippen molar-refractivity contribution in [1.82, 2.24) is 5.32 Å². The van der Waals surface area contributed by atoms with Crippen LogP contribution in [0.25, 0.3) is 10.4 Å². The first-order chi connectivity index (χ1) is 6.72. The molecule has 7 heteroatoms. The number of hydrogen-bond donors (Lipinski definition) is 2. The van der Waals surface area contributed by atoms with Crippen LogP contribution in [0.2, 0.25) is 0 Å². The van der Waals surface area contributed by atoms with Crippen molar-refractivity contribution < 1.29 is 9.90 Å². The maximum absolute atomic E-state index is 10.7. The second-order valence-corrected chi connectivity index (χ2v) is 3.57. The van der Waals surface area contributed by atoms with Gasteiger partial charge in [-0.15, -0.1) is 0 Å². The number of nitrogens with one attached hydrogen (secondary N) is 1. The fourth-order valence-corrected chi connectivity index (χ4v) is 1.35. The normalized spacial score (nSPS) is 11.8. The first kappa shape index (κ1) is 13.1. The minimum absolute atomic E-state index is 0.277. The van der Waals surface area contributed by atoms with Crippen LogP contribution in [0.5, 0.6) is 0 Å². The maximum Gasteiger partial charge on any atom is 0.320 e. The fourth-order valence-electron chi connectivity index (χ4n) is 0.882. The molecule has 2 N–H and O–H groups in total. The predicted molar refractivity (Wildman–Crippen MR) is 56.4 cm³/mol. The van der Waals surface area contributed by atoms with Gasteiger partial charge in [0, 0.05) is 18.0 Å². The predicted octanol–water partition coefficient (Wildman–Crippen LogP) is 1.09. The van der Waals surface area contributed by atoms with Gasteiger partial charge >= 0.3 is 5.97 Å². The second-order valence-electron chi connectivity index (χ2n) is 2.58. The number of carboxylic acid groups (broad SMARTS) is 1. The number of azide groups is 1. The van der Waals surface area contributed by atoms with E-state index in [2.05, 4.69) is 15.3 Å². The van der Waals surface area contributed by atoms with Gasteiger partial charge in [-0.25, -0.2) is 0 Å². The largest absolute Gasteiger partial charge is 0.480 e. The molecule has 0 rings (SSSR count). The van der Waals surface area contributed by atoms with Gasteiger partial charge in [0.2, 0.25) is 0 Å². The summed E-state index contributed by atoms with van der Waals surface area (Å²) in [6, 6.07) is -0.545. The van der Waals surface area contributed by atoms with E-state index >= 15 is 0 Å². The molecule has 0 saturated carbocycles. The summed E-state index contributed by atoms with van der Waals surface area (Å²) in [6.45, 7) is 0.676. The Morgan fingerprint density at radius 1 is 1.79 bits per heavy atom. The van der Waals surface area contributed by atoms with Gasteiger partial charge in [0.05, 0.1) is 0 Å². The number of rotatable bonds is 8. The third-order valence-electron chi connectivity index (χ3n) is 1.57. The lowest BCUT2D eigenvalue weighted by Crippen LogP contribution is -2.38. The number of carboxylic acids is 1. The van der Waals surface area contributed by atoms with Crippen molar-refractivity contribution in [3.05, 3.63) is 10.4 Å². The van der Waals surface area contributed by atoms with E-state index in [4.69, 9.17) is 10.6 Å². The van der Waals surface area contributed by atoms with Gasteiger partial charge in [-0.05, 0) is 24.0 Å². The van der Waals surface area contributed by atoms with Gasteiger partial charge in [-0.2, -0.15) is 11.8 Å². The van der Waals surface area contributed by atoms with Gasteiger partial charge < -0.3 is 10.4 Å². The molecule has 0 bridgehead atoms. The first-order valence-corrected chi connectivity index (χ1v) is 5.57. The highest BCUT2D eigenvalue weighted by molar-refractivity contribution is 7.98. The van der Waals surface area contributed by atoms with Crippen LogP contribution in [0.3, 0.4) is 0 Å². The van der Waals surface area contributed by atoms with Gasteiger partial charge in [0.1, 0.15) is 6.04 Å². The van der Waals surface area contributed by atoms with Crippen LogP contribution in [-0.4, -0.2) is 42.2 Å². The Kier molecular flexibility index (Phi) is 8.11. The molecule has 0 radical (unpaired) electrons. The van der Waals surface area contributed by atoms with Crippen molar-refractivity contribution in [3.63, 3.8) is 0 Å². The Labute approximate surface area is 86.7 Å². The molecule has 0 aliphatic carbocycles. The zero-order valence-corrected chi connectivity index (χ0v) is 8.83. The molecular weight excluding hydrogens is 204 g/mol. The quantitative estimate of drug-likeness (QED) is 0.276. The van der Waals surface area contributed by atoms with Gasteiger partial charge in [0.25, 0.3) is 0 Å². The monoisotopic (exact) mass is 218 g/mol. The molecule has 0 aromatic rings. The smallest absolute Gasteiger partial charge is 0.320 e. The summed E-state index contributed by atoms with van der Waals surface area (Å²) in [6.07, 6.45) is 2.51. The summed E-state index contributed by atoms with van der Waals surface area (Å²) >= 11 is 1.61. The molecule has 0 heterocycles. The van der Waals surface area contributed by atoms with Crippen molar-refractivity contribution >= 4 is 17.7 Å². The van der Waals surface area contributed by atoms with Crippen molar-refractivity contribution in [1.29, 1.82) is 0 Å². The molecule has 0 saturated heterocycles. The SMILES string of the molecule is CSCCC(NCCN=[N+]=[N-])C(=O)O. The third kappa shape index (κ3) is 6.59. The molecule has 14 heavy (non-hydrogen) atoms. The van der Waals surface area contributed by atoms with Gasteiger partial charge in [-0.3, -0.25) is 4.79 Å². The van der Waals surface area contributed by atoms with E-state index in [1.54, 1.807) is 11.8 Å². The summed E-state index contributed by atoms with van der Waals surface area (Å²) in [4.78, 5) is 13.3. The summed E-state index contributed by atoms with van der Waals surface area (Å²) in [5, 5.41) is 14.9. The molecule has 1 unspecified atom stereocenters. The molecule has 1 atom stereocenters. The summed E-state index contributed by atoms with van der Waals surface area (Å²) in [5.41, 5.74) is 7.99. The van der Waals surface area contributed by atoms with Gasteiger partial charge in [-0.1, -0.05) is 5.11 Å². The van der Waals surface area contributed by atoms with Crippen LogP contribution in [0.1, 0.15) is 6.42 Å². The van der Waals surface area contributed by atoms with Crippen LogP contribution in [0, 0.1) is 0 Å². The number of nitrogens with zero attached hydrogens (tertiary/aromatic N) is 3. The molecule has 6 nitrogen and oxygen atoms in total. The number of aliphatic carboxylic acids is 1.